The van der Waals surface area contributed by atoms with E-state index >= 15 is 0 Å². The molecular weight excluding hydrogens is 384 g/mol. The predicted molar refractivity (Wildman–Crippen MR) is 122 cm³/mol. The van der Waals surface area contributed by atoms with Crippen LogP contribution in [0.1, 0.15) is 27.0 Å². The second-order valence-electron chi connectivity index (χ2n) is 7.69. The fourth-order valence-electron chi connectivity index (χ4n) is 4.18. The predicted octanol–water partition coefficient (Wildman–Crippen LogP) is 6.01. The number of benzene rings is 4. The highest BCUT2D eigenvalue weighted by atomic mass is 16.3. The molecule has 0 saturated heterocycles. The summed E-state index contributed by atoms with van der Waals surface area (Å²) >= 11 is 0. The highest BCUT2D eigenvalue weighted by Crippen LogP contribution is 2.40. The molecule has 0 bridgehead atoms. The van der Waals surface area contributed by atoms with Gasteiger partial charge in [-0.3, -0.25) is 4.79 Å². The summed E-state index contributed by atoms with van der Waals surface area (Å²) in [5.41, 5.74) is 7.23. The summed E-state index contributed by atoms with van der Waals surface area (Å²) in [5.74, 6) is 0.246. The van der Waals surface area contributed by atoms with Crippen molar-refractivity contribution in [3.8, 4) is 22.6 Å². The van der Waals surface area contributed by atoms with Gasteiger partial charge in [-0.25, -0.2) is 0 Å². The molecule has 0 aliphatic heterocycles. The summed E-state index contributed by atoms with van der Waals surface area (Å²) in [6, 6.07) is 30.0. The van der Waals surface area contributed by atoms with Crippen molar-refractivity contribution < 1.29 is 15.0 Å². The molecule has 0 aromatic heterocycles. The maximum atomic E-state index is 13.4. The van der Waals surface area contributed by atoms with Crippen molar-refractivity contribution in [2.24, 2.45) is 0 Å². The van der Waals surface area contributed by atoms with Gasteiger partial charge in [0, 0.05) is 17.6 Å². The van der Waals surface area contributed by atoms with Crippen LogP contribution in [-0.4, -0.2) is 16.0 Å². The lowest BCUT2D eigenvalue weighted by Gasteiger charge is -2.11. The van der Waals surface area contributed by atoms with Crippen LogP contribution in [0, 0.1) is 0 Å². The number of ketones is 1. The zero-order chi connectivity index (χ0) is 21.4. The maximum absolute atomic E-state index is 13.4. The first kappa shape index (κ1) is 18.9. The zero-order valence-electron chi connectivity index (χ0n) is 16.7. The summed E-state index contributed by atoms with van der Waals surface area (Å²) in [6.07, 6.45) is 0.458. The van der Waals surface area contributed by atoms with Gasteiger partial charge < -0.3 is 10.2 Å². The van der Waals surface area contributed by atoms with Gasteiger partial charge in [0.1, 0.15) is 11.5 Å². The summed E-state index contributed by atoms with van der Waals surface area (Å²) < 4.78 is 0. The fraction of sp³-hybridized carbons (Fsp3) is 0.0357. The van der Waals surface area contributed by atoms with Crippen LogP contribution in [0.4, 0.5) is 0 Å². The van der Waals surface area contributed by atoms with Crippen LogP contribution in [-0.2, 0) is 6.42 Å². The Balaban J connectivity index is 1.61. The quantitative estimate of drug-likeness (QED) is 0.410. The number of allylic oxidation sites excluding steroid dienone is 1. The van der Waals surface area contributed by atoms with Crippen LogP contribution in [0.3, 0.4) is 0 Å². The van der Waals surface area contributed by atoms with Gasteiger partial charge in [0.15, 0.2) is 5.78 Å². The molecule has 1 aliphatic rings. The number of carbonyl (C=O) groups excluding carboxylic acids is 1. The molecule has 4 aromatic carbocycles. The van der Waals surface area contributed by atoms with Gasteiger partial charge in [-0.1, -0.05) is 60.7 Å². The molecule has 0 atom stereocenters. The van der Waals surface area contributed by atoms with Gasteiger partial charge in [0.25, 0.3) is 0 Å². The molecule has 0 radical (unpaired) electrons. The first-order valence-electron chi connectivity index (χ1n) is 10.1. The minimum atomic E-state index is -0.0715. The second kappa shape index (κ2) is 7.62. The first-order chi connectivity index (χ1) is 15.1. The Morgan fingerprint density at radius 3 is 1.97 bits per heavy atom. The zero-order valence-corrected chi connectivity index (χ0v) is 16.7. The van der Waals surface area contributed by atoms with Crippen LogP contribution < -0.4 is 0 Å². The number of fused-ring (bicyclic) bond motifs is 1. The molecule has 0 fully saturated rings. The van der Waals surface area contributed by atoms with E-state index in [9.17, 15) is 15.0 Å². The van der Waals surface area contributed by atoms with E-state index in [0.717, 1.165) is 33.4 Å². The highest BCUT2D eigenvalue weighted by molar-refractivity contribution is 6.16. The number of carbonyl (C=O) groups is 1. The molecule has 1 aliphatic carbocycles. The molecule has 0 amide bonds. The van der Waals surface area contributed by atoms with E-state index in [4.69, 9.17) is 0 Å². The lowest BCUT2D eigenvalue weighted by molar-refractivity contribution is 0.103. The summed E-state index contributed by atoms with van der Waals surface area (Å²) in [6.45, 7) is 0. The average molecular weight is 404 g/mol. The Morgan fingerprint density at radius 2 is 1.26 bits per heavy atom. The molecule has 0 heterocycles. The number of phenolic OH excluding ortho intramolecular Hbond substituents is 2. The monoisotopic (exact) mass is 404 g/mol. The largest absolute Gasteiger partial charge is 0.508 e. The third-order valence-corrected chi connectivity index (χ3v) is 5.71. The van der Waals surface area contributed by atoms with Gasteiger partial charge in [-0.05, 0) is 69.8 Å². The Morgan fingerprint density at radius 1 is 0.645 bits per heavy atom. The number of hydrogen-bond donors (Lipinski definition) is 2. The molecule has 2 N–H and O–H groups in total. The number of phenols is 2. The summed E-state index contributed by atoms with van der Waals surface area (Å²) in [7, 11) is 0. The Kier molecular flexibility index (Phi) is 4.64. The van der Waals surface area contributed by atoms with Crippen molar-refractivity contribution in [3.63, 3.8) is 0 Å². The third kappa shape index (κ3) is 3.51. The SMILES string of the molecule is O=C(C1=C(c2ccc(-c3ccccc3)cc2)c2ccc(O)cc2C1)c1ccc(O)cc1. The van der Waals surface area contributed by atoms with E-state index in [-0.39, 0.29) is 17.3 Å². The standard InChI is InChI=1S/C28H20O3/c29-23-12-10-21(11-13-23)28(31)26-17-22-16-24(30)14-15-25(22)27(26)20-8-6-19(7-9-20)18-4-2-1-3-5-18/h1-16,29-30H,17H2. The molecule has 0 saturated carbocycles. The lowest BCUT2D eigenvalue weighted by atomic mass is 9.92. The van der Waals surface area contributed by atoms with Crippen molar-refractivity contribution in [1.82, 2.24) is 0 Å². The Hall–Kier alpha value is -4.11. The van der Waals surface area contributed by atoms with Crippen LogP contribution in [0.25, 0.3) is 16.7 Å². The molecule has 0 spiro atoms. The minimum absolute atomic E-state index is 0.0715. The van der Waals surface area contributed by atoms with E-state index in [2.05, 4.69) is 24.3 Å². The topological polar surface area (TPSA) is 57.5 Å². The second-order valence-corrected chi connectivity index (χ2v) is 7.69. The molecule has 31 heavy (non-hydrogen) atoms. The van der Waals surface area contributed by atoms with E-state index in [1.807, 2.05) is 36.4 Å². The van der Waals surface area contributed by atoms with Crippen LogP contribution in [0.2, 0.25) is 0 Å². The number of rotatable bonds is 4. The molecule has 150 valence electrons. The fourth-order valence-corrected chi connectivity index (χ4v) is 4.18. The molecule has 3 nitrogen and oxygen atoms in total. The van der Waals surface area contributed by atoms with E-state index < -0.39 is 0 Å². The van der Waals surface area contributed by atoms with E-state index in [1.165, 1.54) is 12.1 Å². The average Bonchev–Trinajstić information content (AvgIpc) is 3.18. The summed E-state index contributed by atoms with van der Waals surface area (Å²) in [4.78, 5) is 13.4. The van der Waals surface area contributed by atoms with Crippen molar-refractivity contribution in [2.75, 3.05) is 0 Å². The Bertz CT molecular complexity index is 1300. The lowest BCUT2D eigenvalue weighted by Crippen LogP contribution is -2.05. The van der Waals surface area contributed by atoms with Gasteiger partial charge in [0.05, 0.1) is 0 Å². The summed E-state index contributed by atoms with van der Waals surface area (Å²) in [5, 5.41) is 19.5. The van der Waals surface area contributed by atoms with Crippen molar-refractivity contribution in [1.29, 1.82) is 0 Å². The van der Waals surface area contributed by atoms with Crippen LogP contribution in [0.5, 0.6) is 11.5 Å². The molecule has 3 heteroatoms. The van der Waals surface area contributed by atoms with Gasteiger partial charge >= 0.3 is 0 Å². The third-order valence-electron chi connectivity index (χ3n) is 5.71. The minimum Gasteiger partial charge on any atom is -0.508 e. The normalized spacial score (nSPS) is 12.6. The van der Waals surface area contributed by atoms with Gasteiger partial charge in [-0.15, -0.1) is 0 Å². The molecule has 4 aromatic rings. The number of hydrogen-bond acceptors (Lipinski definition) is 3. The van der Waals surface area contributed by atoms with E-state index in [0.29, 0.717) is 17.6 Å². The van der Waals surface area contributed by atoms with Crippen LogP contribution >= 0.6 is 0 Å². The van der Waals surface area contributed by atoms with Gasteiger partial charge in [0.2, 0.25) is 0 Å². The smallest absolute Gasteiger partial charge is 0.189 e. The van der Waals surface area contributed by atoms with Crippen molar-refractivity contribution in [2.45, 2.75) is 6.42 Å². The molecule has 0 unspecified atom stereocenters. The molecular formula is C28H20O3. The Labute approximate surface area is 180 Å². The van der Waals surface area contributed by atoms with Crippen LogP contribution in [0.15, 0.2) is 103 Å². The van der Waals surface area contributed by atoms with Crippen molar-refractivity contribution >= 4 is 11.4 Å². The van der Waals surface area contributed by atoms with E-state index in [1.54, 1.807) is 24.3 Å². The number of Topliss-reactive ketones (excluding diaryl/α,β-unsaturated/α-hetero) is 1. The highest BCUT2D eigenvalue weighted by Gasteiger charge is 2.28. The van der Waals surface area contributed by atoms with Gasteiger partial charge in [-0.2, -0.15) is 0 Å². The molecule has 5 rings (SSSR count). The maximum Gasteiger partial charge on any atom is 0.189 e. The van der Waals surface area contributed by atoms with Crippen molar-refractivity contribution in [3.05, 3.63) is 125 Å². The first-order valence-corrected chi connectivity index (χ1v) is 10.1. The number of aromatic hydroxyl groups is 2.